The molecule has 3 atom stereocenters. The fourth-order valence-corrected chi connectivity index (χ4v) is 6.25. The molecule has 1 N–H and O–H groups in total. The van der Waals surface area contributed by atoms with E-state index in [4.69, 9.17) is 21.1 Å². The molecule has 1 spiro atoms. The van der Waals surface area contributed by atoms with Gasteiger partial charge in [-0.2, -0.15) is 0 Å². The molecule has 2 aromatic rings. The van der Waals surface area contributed by atoms with Crippen molar-refractivity contribution >= 4 is 23.3 Å². The summed E-state index contributed by atoms with van der Waals surface area (Å²) in [6.07, 6.45) is 5.79. The molecule has 33 heavy (non-hydrogen) atoms. The fourth-order valence-electron chi connectivity index (χ4n) is 6.05. The lowest BCUT2D eigenvalue weighted by Crippen LogP contribution is -2.49. The van der Waals surface area contributed by atoms with E-state index in [0.717, 1.165) is 55.4 Å². The van der Waals surface area contributed by atoms with Crippen molar-refractivity contribution in [3.05, 3.63) is 58.1 Å². The van der Waals surface area contributed by atoms with Gasteiger partial charge in [0, 0.05) is 23.5 Å². The van der Waals surface area contributed by atoms with E-state index in [1.165, 1.54) is 31.1 Å². The highest BCUT2D eigenvalue weighted by Crippen LogP contribution is 2.46. The van der Waals surface area contributed by atoms with Crippen molar-refractivity contribution in [3.63, 3.8) is 0 Å². The van der Waals surface area contributed by atoms with Crippen LogP contribution in [0.25, 0.3) is 0 Å². The van der Waals surface area contributed by atoms with E-state index in [1.807, 2.05) is 31.3 Å². The second-order valence-corrected chi connectivity index (χ2v) is 10.4. The molecular weight excluding hydrogens is 436 g/mol. The summed E-state index contributed by atoms with van der Waals surface area (Å²) in [5.41, 5.74) is 4.19. The summed E-state index contributed by atoms with van der Waals surface area (Å²) < 4.78 is 11.5. The maximum absolute atomic E-state index is 12.3. The van der Waals surface area contributed by atoms with Gasteiger partial charge in [-0.1, -0.05) is 17.7 Å². The summed E-state index contributed by atoms with van der Waals surface area (Å²) in [5, 5.41) is 4.16. The number of anilines is 1. The first kappa shape index (κ1) is 22.5. The zero-order chi connectivity index (χ0) is 23.0. The number of hydrogen-bond donors (Lipinski definition) is 1. The third kappa shape index (κ3) is 4.22. The monoisotopic (exact) mass is 468 g/mol. The number of aryl methyl sites for hydroxylation is 1. The Kier molecular flexibility index (Phi) is 6.28. The lowest BCUT2D eigenvalue weighted by molar-refractivity contribution is 0.0600. The van der Waals surface area contributed by atoms with Gasteiger partial charge in [0.05, 0.1) is 25.0 Å². The molecule has 0 unspecified atom stereocenters. The number of carbonyl (C=O) groups is 1. The summed E-state index contributed by atoms with van der Waals surface area (Å²) in [5.74, 6) is 1.87. The first-order valence-corrected chi connectivity index (χ1v) is 12.4. The second-order valence-electron chi connectivity index (χ2n) is 9.93. The van der Waals surface area contributed by atoms with E-state index >= 15 is 0 Å². The number of benzene rings is 2. The number of ether oxygens (including phenoxy) is 2. The van der Waals surface area contributed by atoms with Gasteiger partial charge in [0.25, 0.3) is 0 Å². The molecule has 0 bridgehead atoms. The molecule has 1 aliphatic heterocycles. The van der Waals surface area contributed by atoms with Crippen LogP contribution in [0.1, 0.15) is 47.2 Å². The molecule has 0 aromatic heterocycles. The van der Waals surface area contributed by atoms with Gasteiger partial charge in [-0.3, -0.25) is 0 Å². The summed E-state index contributed by atoms with van der Waals surface area (Å²) in [6.45, 7) is 3.53. The average molecular weight is 469 g/mol. The topological polar surface area (TPSA) is 50.8 Å². The summed E-state index contributed by atoms with van der Waals surface area (Å²) in [4.78, 5) is 14.8. The maximum atomic E-state index is 12.3. The van der Waals surface area contributed by atoms with Gasteiger partial charge in [0.2, 0.25) is 0 Å². The molecule has 1 saturated carbocycles. The normalized spacial score (nSPS) is 26.0. The molecule has 0 saturated heterocycles. The second kappa shape index (κ2) is 9.19. The molecule has 3 aliphatic rings. The minimum Gasteiger partial charge on any atom is -0.490 e. The Hall–Kier alpha value is -2.24. The van der Waals surface area contributed by atoms with Gasteiger partial charge >= 0.3 is 5.97 Å². The van der Waals surface area contributed by atoms with Crippen molar-refractivity contribution in [3.8, 4) is 5.75 Å². The zero-order valence-electron chi connectivity index (χ0n) is 19.5. The number of rotatable bonds is 5. The molecule has 2 aliphatic carbocycles. The standard InChI is InChI=1S/C27H33ClN2O3/c1-29-14-20-5-6-21(20)15-30-16-27(11-3-4-18-12-22(28)8-9-23(18)27)17-33-25-10-7-19(13-24(25)30)26(31)32-2/h7-10,12-13,20-21,29H,3-6,11,14-17H2,1-2H3/t20-,21-,27-/m0/s1. The predicted octanol–water partition coefficient (Wildman–Crippen LogP) is 4.85. The zero-order valence-corrected chi connectivity index (χ0v) is 20.3. The van der Waals surface area contributed by atoms with Crippen LogP contribution in [-0.4, -0.2) is 46.4 Å². The molecule has 1 heterocycles. The minimum atomic E-state index is -0.314. The molecule has 176 valence electrons. The smallest absolute Gasteiger partial charge is 0.337 e. The van der Waals surface area contributed by atoms with Gasteiger partial charge in [-0.25, -0.2) is 4.79 Å². The van der Waals surface area contributed by atoms with Gasteiger partial charge < -0.3 is 19.7 Å². The van der Waals surface area contributed by atoms with Crippen LogP contribution < -0.4 is 15.0 Å². The van der Waals surface area contributed by atoms with E-state index in [2.05, 4.69) is 22.3 Å². The number of nitrogens with zero attached hydrogens (tertiary/aromatic N) is 1. The van der Waals surface area contributed by atoms with Crippen molar-refractivity contribution in [1.29, 1.82) is 0 Å². The number of halogens is 1. The average Bonchev–Trinajstić information content (AvgIpc) is 2.97. The van der Waals surface area contributed by atoms with Crippen LogP contribution in [0.4, 0.5) is 5.69 Å². The molecule has 5 rings (SSSR count). The number of carbonyl (C=O) groups excluding carboxylic acids is 1. The van der Waals surface area contributed by atoms with Crippen molar-refractivity contribution in [2.75, 3.05) is 45.3 Å². The molecular formula is C27H33ClN2O3. The van der Waals surface area contributed by atoms with Crippen LogP contribution in [0.15, 0.2) is 36.4 Å². The van der Waals surface area contributed by atoms with Crippen molar-refractivity contribution in [2.45, 2.75) is 37.5 Å². The Bertz CT molecular complexity index is 1040. The first-order chi connectivity index (χ1) is 16.0. The number of esters is 1. The lowest BCUT2D eigenvalue weighted by Gasteiger charge is -2.44. The van der Waals surface area contributed by atoms with Gasteiger partial charge in [0.15, 0.2) is 0 Å². The van der Waals surface area contributed by atoms with E-state index in [-0.39, 0.29) is 11.4 Å². The van der Waals surface area contributed by atoms with E-state index in [9.17, 15) is 4.79 Å². The lowest BCUT2D eigenvalue weighted by atomic mass is 9.69. The summed E-state index contributed by atoms with van der Waals surface area (Å²) >= 11 is 6.35. The van der Waals surface area contributed by atoms with E-state index in [0.29, 0.717) is 24.0 Å². The highest BCUT2D eigenvalue weighted by Gasteiger charge is 2.43. The van der Waals surface area contributed by atoms with E-state index in [1.54, 1.807) is 0 Å². The first-order valence-electron chi connectivity index (χ1n) is 12.1. The third-order valence-corrected chi connectivity index (χ3v) is 8.19. The quantitative estimate of drug-likeness (QED) is 0.636. The molecule has 5 nitrogen and oxygen atoms in total. The Balaban J connectivity index is 1.54. The highest BCUT2D eigenvalue weighted by molar-refractivity contribution is 6.30. The maximum Gasteiger partial charge on any atom is 0.337 e. The largest absolute Gasteiger partial charge is 0.490 e. The van der Waals surface area contributed by atoms with Crippen LogP contribution in [0.5, 0.6) is 5.75 Å². The summed E-state index contributed by atoms with van der Waals surface area (Å²) in [7, 11) is 3.46. The predicted molar refractivity (Wildman–Crippen MR) is 132 cm³/mol. The van der Waals surface area contributed by atoms with Gasteiger partial charge in [0.1, 0.15) is 5.75 Å². The Labute approximate surface area is 201 Å². The Morgan fingerprint density at radius 2 is 2.09 bits per heavy atom. The minimum absolute atomic E-state index is 0.0924. The molecule has 2 aromatic carbocycles. The number of nitrogens with one attached hydrogen (secondary N) is 1. The van der Waals surface area contributed by atoms with Gasteiger partial charge in [-0.15, -0.1) is 0 Å². The van der Waals surface area contributed by atoms with Crippen LogP contribution >= 0.6 is 11.6 Å². The van der Waals surface area contributed by atoms with Gasteiger partial charge in [-0.05, 0) is 99.0 Å². The van der Waals surface area contributed by atoms with Crippen LogP contribution in [0.2, 0.25) is 5.02 Å². The van der Waals surface area contributed by atoms with Crippen molar-refractivity contribution in [1.82, 2.24) is 5.32 Å². The van der Waals surface area contributed by atoms with Crippen molar-refractivity contribution in [2.24, 2.45) is 11.8 Å². The fraction of sp³-hybridized carbons (Fsp3) is 0.519. The third-order valence-electron chi connectivity index (χ3n) is 7.95. The Morgan fingerprint density at radius 1 is 1.24 bits per heavy atom. The number of hydrogen-bond acceptors (Lipinski definition) is 5. The van der Waals surface area contributed by atoms with Crippen molar-refractivity contribution < 1.29 is 14.3 Å². The van der Waals surface area contributed by atoms with E-state index < -0.39 is 0 Å². The van der Waals surface area contributed by atoms with Crippen LogP contribution in [0.3, 0.4) is 0 Å². The molecule has 0 radical (unpaired) electrons. The Morgan fingerprint density at radius 3 is 2.85 bits per heavy atom. The molecule has 6 heteroatoms. The highest BCUT2D eigenvalue weighted by atomic mass is 35.5. The SMILES string of the molecule is CNC[C@@H]1CC[C@H]1CN1C[C@@]2(CCCc3cc(Cl)ccc32)COc2ccc(C(=O)OC)cc21. The number of methoxy groups -OCH3 is 1. The number of fused-ring (bicyclic) bond motifs is 3. The van der Waals surface area contributed by atoms with Crippen LogP contribution in [0, 0.1) is 11.8 Å². The summed E-state index contributed by atoms with van der Waals surface area (Å²) in [6, 6.07) is 12.1. The van der Waals surface area contributed by atoms with Crippen LogP contribution in [-0.2, 0) is 16.6 Å². The molecule has 1 fully saturated rings. The molecule has 0 amide bonds.